The number of amides is 2. The number of aliphatic hydroxyl groups is 1. The number of carbonyl (C=O) groups is 2. The fourth-order valence-corrected chi connectivity index (χ4v) is 1.71. The molecule has 6 heteroatoms. The summed E-state index contributed by atoms with van der Waals surface area (Å²) in [5.74, 6) is -1.02. The average Bonchev–Trinajstić information content (AvgIpc) is 3.04. The zero-order valence-electron chi connectivity index (χ0n) is 10.3. The van der Waals surface area contributed by atoms with Crippen LogP contribution in [0, 0.1) is 0 Å². The molecule has 0 heterocycles. The Hall–Kier alpha value is -1.30. The number of hydrogen-bond acceptors (Lipinski definition) is 3. The lowest BCUT2D eigenvalue weighted by Gasteiger charge is -2.32. The molecule has 0 saturated heterocycles. The van der Waals surface area contributed by atoms with Gasteiger partial charge in [-0.3, -0.25) is 4.79 Å². The Balaban J connectivity index is 2.69. The van der Waals surface area contributed by atoms with Crippen LogP contribution in [-0.2, 0) is 4.79 Å². The highest BCUT2D eigenvalue weighted by Crippen LogP contribution is 2.27. The molecule has 6 nitrogen and oxygen atoms in total. The smallest absolute Gasteiger partial charge is 0.323 e. The molecule has 1 saturated carbocycles. The Morgan fingerprint density at radius 2 is 1.94 bits per heavy atom. The van der Waals surface area contributed by atoms with Gasteiger partial charge >= 0.3 is 12.0 Å². The molecule has 98 valence electrons. The van der Waals surface area contributed by atoms with Crippen molar-refractivity contribution in [1.29, 1.82) is 0 Å². The van der Waals surface area contributed by atoms with Crippen molar-refractivity contribution in [3.05, 3.63) is 0 Å². The van der Waals surface area contributed by atoms with Gasteiger partial charge in [0.05, 0.1) is 6.61 Å². The second-order valence-corrected chi connectivity index (χ2v) is 4.55. The van der Waals surface area contributed by atoms with E-state index in [1.807, 2.05) is 0 Å². The number of carbonyl (C=O) groups excluding carboxylic acids is 1. The molecule has 2 N–H and O–H groups in total. The van der Waals surface area contributed by atoms with Crippen molar-refractivity contribution in [2.75, 3.05) is 19.7 Å². The van der Waals surface area contributed by atoms with Crippen molar-refractivity contribution in [2.45, 2.75) is 38.8 Å². The minimum atomic E-state index is -1.02. The first-order valence-corrected chi connectivity index (χ1v) is 5.87. The topological polar surface area (TPSA) is 81.1 Å². The Morgan fingerprint density at radius 3 is 2.29 bits per heavy atom. The number of rotatable bonds is 6. The first-order chi connectivity index (χ1) is 7.97. The van der Waals surface area contributed by atoms with Crippen molar-refractivity contribution in [3.8, 4) is 0 Å². The Bertz CT molecular complexity index is 289. The van der Waals surface area contributed by atoms with Crippen molar-refractivity contribution in [1.82, 2.24) is 9.80 Å². The van der Waals surface area contributed by atoms with Gasteiger partial charge in [0, 0.05) is 18.6 Å². The van der Waals surface area contributed by atoms with Crippen LogP contribution in [0.5, 0.6) is 0 Å². The van der Waals surface area contributed by atoms with E-state index in [0.717, 1.165) is 12.8 Å². The van der Waals surface area contributed by atoms with Gasteiger partial charge in [0.15, 0.2) is 0 Å². The van der Waals surface area contributed by atoms with Crippen LogP contribution in [0.15, 0.2) is 0 Å². The molecule has 1 aliphatic rings. The van der Waals surface area contributed by atoms with Gasteiger partial charge in [-0.15, -0.1) is 0 Å². The standard InChI is InChI=1S/C11H20N2O4/c1-8(2)13(7-10(15)16)11(17)12(5-6-14)9-3-4-9/h8-9,14H,3-7H2,1-2H3,(H,15,16). The number of urea groups is 1. The maximum Gasteiger partial charge on any atom is 0.323 e. The van der Waals surface area contributed by atoms with Gasteiger partial charge in [-0.25, -0.2) is 4.79 Å². The van der Waals surface area contributed by atoms with Gasteiger partial charge in [0.25, 0.3) is 0 Å². The van der Waals surface area contributed by atoms with E-state index >= 15 is 0 Å². The number of carboxylic acid groups (broad SMARTS) is 1. The fourth-order valence-electron chi connectivity index (χ4n) is 1.71. The van der Waals surface area contributed by atoms with Gasteiger partial charge in [-0.2, -0.15) is 0 Å². The molecule has 0 aromatic rings. The molecule has 17 heavy (non-hydrogen) atoms. The van der Waals surface area contributed by atoms with Crippen LogP contribution in [0.2, 0.25) is 0 Å². The summed E-state index contributed by atoms with van der Waals surface area (Å²) in [4.78, 5) is 25.8. The molecule has 1 aliphatic carbocycles. The minimum Gasteiger partial charge on any atom is -0.480 e. The van der Waals surface area contributed by atoms with Crippen molar-refractivity contribution < 1.29 is 19.8 Å². The minimum absolute atomic E-state index is 0.0960. The first kappa shape index (κ1) is 13.8. The van der Waals surface area contributed by atoms with E-state index in [1.165, 1.54) is 4.90 Å². The predicted molar refractivity (Wildman–Crippen MR) is 61.7 cm³/mol. The molecule has 0 aromatic carbocycles. The molecule has 0 bridgehead atoms. The second kappa shape index (κ2) is 5.86. The average molecular weight is 244 g/mol. The summed E-state index contributed by atoms with van der Waals surface area (Å²) >= 11 is 0. The highest BCUT2D eigenvalue weighted by molar-refractivity contribution is 5.80. The third-order valence-corrected chi connectivity index (χ3v) is 2.75. The maximum absolute atomic E-state index is 12.2. The van der Waals surface area contributed by atoms with Gasteiger partial charge in [-0.05, 0) is 26.7 Å². The molecule has 0 aliphatic heterocycles. The highest BCUT2D eigenvalue weighted by Gasteiger charge is 2.35. The third-order valence-electron chi connectivity index (χ3n) is 2.75. The van der Waals surface area contributed by atoms with E-state index in [-0.39, 0.29) is 37.8 Å². The number of aliphatic hydroxyl groups excluding tert-OH is 1. The van der Waals surface area contributed by atoms with Crippen LogP contribution in [0.3, 0.4) is 0 Å². The summed E-state index contributed by atoms with van der Waals surface area (Å²) in [6, 6.07) is -0.290. The first-order valence-electron chi connectivity index (χ1n) is 5.87. The molecule has 0 spiro atoms. The van der Waals surface area contributed by atoms with Crippen LogP contribution in [-0.4, -0.2) is 63.8 Å². The van der Waals surface area contributed by atoms with Gasteiger partial charge in [0.1, 0.15) is 6.54 Å². The summed E-state index contributed by atoms with van der Waals surface area (Å²) in [5, 5.41) is 17.7. The summed E-state index contributed by atoms with van der Waals surface area (Å²) in [6.07, 6.45) is 1.87. The van der Waals surface area contributed by atoms with Crippen LogP contribution in [0.4, 0.5) is 4.79 Å². The lowest BCUT2D eigenvalue weighted by Crippen LogP contribution is -2.50. The van der Waals surface area contributed by atoms with Gasteiger partial charge < -0.3 is 20.0 Å². The van der Waals surface area contributed by atoms with Gasteiger partial charge in [-0.1, -0.05) is 0 Å². The molecule has 0 aromatic heterocycles. The molecular formula is C11H20N2O4. The van der Waals surface area contributed by atoms with E-state index in [9.17, 15) is 9.59 Å². The summed E-state index contributed by atoms with van der Waals surface area (Å²) < 4.78 is 0. The van der Waals surface area contributed by atoms with Crippen LogP contribution >= 0.6 is 0 Å². The van der Waals surface area contributed by atoms with Crippen molar-refractivity contribution in [2.24, 2.45) is 0 Å². The van der Waals surface area contributed by atoms with E-state index < -0.39 is 5.97 Å². The number of hydrogen-bond donors (Lipinski definition) is 2. The lowest BCUT2D eigenvalue weighted by atomic mass is 10.3. The number of carboxylic acids is 1. The van der Waals surface area contributed by atoms with Crippen LogP contribution < -0.4 is 0 Å². The molecular weight excluding hydrogens is 224 g/mol. The summed E-state index contributed by atoms with van der Waals surface area (Å²) in [5.41, 5.74) is 0. The Morgan fingerprint density at radius 1 is 1.35 bits per heavy atom. The summed E-state index contributed by atoms with van der Waals surface area (Å²) in [7, 11) is 0. The van der Waals surface area contributed by atoms with Crippen LogP contribution in [0.25, 0.3) is 0 Å². The van der Waals surface area contributed by atoms with E-state index in [4.69, 9.17) is 10.2 Å². The van der Waals surface area contributed by atoms with E-state index in [0.29, 0.717) is 0 Å². The van der Waals surface area contributed by atoms with Crippen molar-refractivity contribution in [3.63, 3.8) is 0 Å². The SMILES string of the molecule is CC(C)N(CC(=O)O)C(=O)N(CCO)C1CC1. The van der Waals surface area contributed by atoms with Crippen LogP contribution in [0.1, 0.15) is 26.7 Å². The highest BCUT2D eigenvalue weighted by atomic mass is 16.4. The second-order valence-electron chi connectivity index (χ2n) is 4.55. The van der Waals surface area contributed by atoms with Crippen molar-refractivity contribution >= 4 is 12.0 Å². The normalized spacial score (nSPS) is 14.8. The quantitative estimate of drug-likeness (QED) is 0.706. The molecule has 1 rings (SSSR count). The zero-order valence-corrected chi connectivity index (χ0v) is 10.3. The molecule has 0 radical (unpaired) electrons. The molecule has 0 unspecified atom stereocenters. The molecule has 1 fully saturated rings. The lowest BCUT2D eigenvalue weighted by molar-refractivity contribution is -0.138. The predicted octanol–water partition coefficient (Wildman–Crippen LogP) is 0.358. The molecule has 0 atom stereocenters. The number of aliphatic carboxylic acids is 1. The van der Waals surface area contributed by atoms with Gasteiger partial charge in [0.2, 0.25) is 0 Å². The molecule has 2 amide bonds. The fraction of sp³-hybridized carbons (Fsp3) is 0.818. The Kier molecular flexibility index (Phi) is 4.74. The van der Waals surface area contributed by atoms with E-state index in [2.05, 4.69) is 0 Å². The number of nitrogens with zero attached hydrogens (tertiary/aromatic N) is 2. The third kappa shape index (κ3) is 3.89. The monoisotopic (exact) mass is 244 g/mol. The maximum atomic E-state index is 12.2. The largest absolute Gasteiger partial charge is 0.480 e. The zero-order chi connectivity index (χ0) is 13.0. The Labute approximate surface area is 101 Å². The van der Waals surface area contributed by atoms with E-state index in [1.54, 1.807) is 18.7 Å². The summed E-state index contributed by atoms with van der Waals surface area (Å²) in [6.45, 7) is 3.44.